The lowest BCUT2D eigenvalue weighted by atomic mass is 10.0. The highest BCUT2D eigenvalue weighted by Crippen LogP contribution is 2.29. The molecule has 1 aromatic carbocycles. The molecule has 1 heterocycles. The molecule has 0 amide bonds. The fourth-order valence-electron chi connectivity index (χ4n) is 1.91. The van der Waals surface area contributed by atoms with Crippen molar-refractivity contribution < 1.29 is 4.39 Å². The lowest BCUT2D eigenvalue weighted by molar-refractivity contribution is 0.635. The summed E-state index contributed by atoms with van der Waals surface area (Å²) in [5.41, 5.74) is 5.51. The van der Waals surface area contributed by atoms with Gasteiger partial charge in [-0.1, -0.05) is 19.9 Å². The first-order valence-electron chi connectivity index (χ1n) is 5.61. The predicted octanol–water partition coefficient (Wildman–Crippen LogP) is 3.09. The molecule has 0 saturated heterocycles. The van der Waals surface area contributed by atoms with Crippen LogP contribution in [0.4, 0.5) is 10.1 Å². The highest BCUT2D eigenvalue weighted by Gasteiger charge is 2.12. The second-order valence-corrected chi connectivity index (χ2v) is 4.48. The van der Waals surface area contributed by atoms with Crippen LogP contribution in [0.1, 0.15) is 31.0 Å². The summed E-state index contributed by atoms with van der Waals surface area (Å²) in [7, 11) is 0. The third-order valence-electron chi connectivity index (χ3n) is 2.89. The van der Waals surface area contributed by atoms with Crippen molar-refractivity contribution in [1.82, 2.24) is 4.98 Å². The summed E-state index contributed by atoms with van der Waals surface area (Å²) in [5.74, 6) is 5.42. The lowest BCUT2D eigenvalue weighted by Crippen LogP contribution is -2.09. The second kappa shape index (κ2) is 4.30. The highest BCUT2D eigenvalue weighted by atomic mass is 19.1. The third-order valence-corrected chi connectivity index (χ3v) is 2.89. The minimum Gasteiger partial charge on any atom is -0.323 e. The zero-order valence-corrected chi connectivity index (χ0v) is 10.2. The van der Waals surface area contributed by atoms with E-state index in [1.807, 2.05) is 26.8 Å². The van der Waals surface area contributed by atoms with Crippen LogP contribution in [-0.4, -0.2) is 4.98 Å². The van der Waals surface area contributed by atoms with Gasteiger partial charge in [0, 0.05) is 11.1 Å². The number of benzene rings is 1. The van der Waals surface area contributed by atoms with Crippen molar-refractivity contribution >= 4 is 16.6 Å². The van der Waals surface area contributed by atoms with Gasteiger partial charge >= 0.3 is 0 Å². The molecular weight excluding hydrogens is 217 g/mol. The zero-order chi connectivity index (χ0) is 12.6. The van der Waals surface area contributed by atoms with Crippen molar-refractivity contribution in [2.45, 2.75) is 26.7 Å². The number of hydrogen-bond donors (Lipinski definition) is 2. The number of hydrogen-bond acceptors (Lipinski definition) is 3. The summed E-state index contributed by atoms with van der Waals surface area (Å²) < 4.78 is 13.8. The maximum atomic E-state index is 13.8. The molecule has 0 unspecified atom stereocenters. The number of nitrogens with zero attached hydrogens (tertiary/aromatic N) is 1. The zero-order valence-electron chi connectivity index (χ0n) is 10.2. The minimum absolute atomic E-state index is 0.228. The van der Waals surface area contributed by atoms with Crippen LogP contribution in [0, 0.1) is 12.7 Å². The molecule has 2 aromatic rings. The summed E-state index contributed by atoms with van der Waals surface area (Å²) in [5, 5.41) is 0.747. The Hall–Kier alpha value is -1.68. The van der Waals surface area contributed by atoms with Crippen molar-refractivity contribution in [2.75, 3.05) is 5.43 Å². The van der Waals surface area contributed by atoms with E-state index < -0.39 is 0 Å². The van der Waals surface area contributed by atoms with Gasteiger partial charge in [0.25, 0.3) is 0 Å². The lowest BCUT2D eigenvalue weighted by Gasteiger charge is -2.13. The fraction of sp³-hybridized carbons (Fsp3) is 0.308. The molecule has 0 aliphatic heterocycles. The number of aryl methyl sites for hydroxylation is 1. The number of anilines is 1. The molecule has 17 heavy (non-hydrogen) atoms. The van der Waals surface area contributed by atoms with Gasteiger partial charge in [0.1, 0.15) is 11.3 Å². The predicted molar refractivity (Wildman–Crippen MR) is 68.3 cm³/mol. The number of aromatic nitrogens is 1. The van der Waals surface area contributed by atoms with E-state index in [1.165, 1.54) is 6.07 Å². The van der Waals surface area contributed by atoms with E-state index in [0.717, 1.165) is 22.3 Å². The maximum Gasteiger partial charge on any atom is 0.149 e. The van der Waals surface area contributed by atoms with Crippen LogP contribution >= 0.6 is 0 Å². The molecular formula is C13H16FN3. The molecule has 0 saturated carbocycles. The van der Waals surface area contributed by atoms with E-state index in [4.69, 9.17) is 5.84 Å². The first kappa shape index (κ1) is 11.8. The van der Waals surface area contributed by atoms with Gasteiger partial charge in [-0.25, -0.2) is 9.37 Å². The smallest absolute Gasteiger partial charge is 0.149 e. The maximum absolute atomic E-state index is 13.8. The van der Waals surface area contributed by atoms with Gasteiger partial charge in [0.15, 0.2) is 0 Å². The number of nitrogens with two attached hydrogens (primary N) is 1. The van der Waals surface area contributed by atoms with Gasteiger partial charge in [-0.05, 0) is 30.5 Å². The molecule has 0 bridgehead atoms. The Bertz CT molecular complexity index is 564. The monoisotopic (exact) mass is 233 g/mol. The van der Waals surface area contributed by atoms with E-state index in [1.54, 1.807) is 6.07 Å². The summed E-state index contributed by atoms with van der Waals surface area (Å²) in [4.78, 5) is 4.37. The molecule has 0 atom stereocenters. The van der Waals surface area contributed by atoms with E-state index in [0.29, 0.717) is 5.52 Å². The molecule has 4 heteroatoms. The number of rotatable bonds is 2. The van der Waals surface area contributed by atoms with Crippen LogP contribution in [0.2, 0.25) is 0 Å². The van der Waals surface area contributed by atoms with Crippen LogP contribution in [0.25, 0.3) is 10.9 Å². The molecule has 3 nitrogen and oxygen atoms in total. The Balaban J connectivity index is 2.87. The Kier molecular flexibility index (Phi) is 2.98. The summed E-state index contributed by atoms with van der Waals surface area (Å²) in [6.45, 7) is 5.95. The number of nitrogen functional groups attached to an aromatic ring is 1. The molecule has 0 aliphatic carbocycles. The van der Waals surface area contributed by atoms with E-state index in [-0.39, 0.29) is 11.7 Å². The number of hydrazine groups is 1. The average Bonchev–Trinajstić information content (AvgIpc) is 2.32. The molecule has 0 aliphatic rings. The van der Waals surface area contributed by atoms with Crippen LogP contribution in [0.15, 0.2) is 18.2 Å². The summed E-state index contributed by atoms with van der Waals surface area (Å²) in [6.07, 6.45) is 0. The average molecular weight is 233 g/mol. The first-order valence-corrected chi connectivity index (χ1v) is 5.61. The van der Waals surface area contributed by atoms with Crippen molar-refractivity contribution in [1.29, 1.82) is 0 Å². The molecule has 1 aromatic heterocycles. The number of fused-ring (bicyclic) bond motifs is 1. The van der Waals surface area contributed by atoms with Crippen molar-refractivity contribution in [3.05, 3.63) is 35.3 Å². The Morgan fingerprint density at radius 2 is 2.06 bits per heavy atom. The Morgan fingerprint density at radius 1 is 1.35 bits per heavy atom. The Morgan fingerprint density at radius 3 is 2.65 bits per heavy atom. The van der Waals surface area contributed by atoms with Crippen LogP contribution in [0.5, 0.6) is 0 Å². The van der Waals surface area contributed by atoms with Gasteiger partial charge in [0.05, 0.1) is 5.69 Å². The number of halogens is 1. The molecule has 0 fully saturated rings. The van der Waals surface area contributed by atoms with E-state index >= 15 is 0 Å². The van der Waals surface area contributed by atoms with Crippen molar-refractivity contribution in [3.63, 3.8) is 0 Å². The van der Waals surface area contributed by atoms with Gasteiger partial charge in [-0.3, -0.25) is 5.84 Å². The van der Waals surface area contributed by atoms with Crippen LogP contribution in [-0.2, 0) is 0 Å². The summed E-state index contributed by atoms with van der Waals surface area (Å²) >= 11 is 0. The standard InChI is InChI=1S/C13H16FN3/c1-7(2)10-6-11(17-15)12-8(3)4-5-9(14)13(12)16-10/h4-7H,15H2,1-3H3,(H,16,17). The van der Waals surface area contributed by atoms with Gasteiger partial charge in [-0.15, -0.1) is 0 Å². The van der Waals surface area contributed by atoms with Crippen molar-refractivity contribution in [3.8, 4) is 0 Å². The largest absolute Gasteiger partial charge is 0.323 e. The van der Waals surface area contributed by atoms with Gasteiger partial charge in [-0.2, -0.15) is 0 Å². The van der Waals surface area contributed by atoms with Crippen LogP contribution < -0.4 is 11.3 Å². The molecule has 90 valence electrons. The summed E-state index contributed by atoms with van der Waals surface area (Å²) in [6, 6.07) is 5.05. The highest BCUT2D eigenvalue weighted by molar-refractivity contribution is 5.94. The molecule has 3 N–H and O–H groups in total. The van der Waals surface area contributed by atoms with Gasteiger partial charge < -0.3 is 5.43 Å². The molecule has 2 rings (SSSR count). The number of nitrogens with one attached hydrogen (secondary N) is 1. The van der Waals surface area contributed by atoms with E-state index in [2.05, 4.69) is 10.4 Å². The minimum atomic E-state index is -0.315. The molecule has 0 spiro atoms. The quantitative estimate of drug-likeness (QED) is 0.619. The second-order valence-electron chi connectivity index (χ2n) is 4.48. The topological polar surface area (TPSA) is 50.9 Å². The number of pyridine rings is 1. The molecule has 0 radical (unpaired) electrons. The van der Waals surface area contributed by atoms with Crippen LogP contribution in [0.3, 0.4) is 0 Å². The first-order chi connectivity index (χ1) is 8.04. The third kappa shape index (κ3) is 1.96. The van der Waals surface area contributed by atoms with E-state index in [9.17, 15) is 4.39 Å². The van der Waals surface area contributed by atoms with Gasteiger partial charge in [0.2, 0.25) is 0 Å². The normalized spacial score (nSPS) is 11.2. The Labute approximate surface area is 99.8 Å². The SMILES string of the molecule is Cc1ccc(F)c2nc(C(C)C)cc(NN)c12. The van der Waals surface area contributed by atoms with Crippen molar-refractivity contribution in [2.24, 2.45) is 5.84 Å². The fourth-order valence-corrected chi connectivity index (χ4v) is 1.91.